The van der Waals surface area contributed by atoms with Crippen molar-refractivity contribution in [1.29, 1.82) is 0 Å². The third-order valence-corrected chi connectivity index (χ3v) is 5.43. The SMILES string of the molecule is CCNC(=NCc1ccc(N(CC)CC)c(F)c1)NC(C)Cc1c(C)nn(C)c1C.I. The van der Waals surface area contributed by atoms with Gasteiger partial charge in [-0.3, -0.25) is 4.68 Å². The highest BCUT2D eigenvalue weighted by Gasteiger charge is 2.14. The summed E-state index contributed by atoms with van der Waals surface area (Å²) in [5, 5.41) is 11.2. The number of aryl methyl sites for hydroxylation is 2. The molecule has 0 saturated carbocycles. The Morgan fingerprint density at radius 2 is 1.90 bits per heavy atom. The second kappa shape index (κ2) is 12.9. The molecule has 1 aromatic heterocycles. The third kappa shape index (κ3) is 7.36. The van der Waals surface area contributed by atoms with Crippen LogP contribution in [0.5, 0.6) is 0 Å². The molecule has 2 rings (SSSR count). The van der Waals surface area contributed by atoms with Crippen LogP contribution in [0.1, 0.15) is 50.2 Å². The molecule has 1 aromatic carbocycles. The van der Waals surface area contributed by atoms with E-state index in [-0.39, 0.29) is 35.8 Å². The van der Waals surface area contributed by atoms with Gasteiger partial charge in [0.15, 0.2) is 5.96 Å². The molecule has 2 N–H and O–H groups in total. The van der Waals surface area contributed by atoms with E-state index in [0.29, 0.717) is 12.2 Å². The first kappa shape index (κ1) is 27.2. The largest absolute Gasteiger partial charge is 0.370 e. The van der Waals surface area contributed by atoms with Crippen LogP contribution in [0.2, 0.25) is 0 Å². The zero-order chi connectivity index (χ0) is 22.3. The molecule has 0 bridgehead atoms. The lowest BCUT2D eigenvalue weighted by Gasteiger charge is -2.22. The van der Waals surface area contributed by atoms with Crippen LogP contribution in [0.4, 0.5) is 10.1 Å². The van der Waals surface area contributed by atoms with Crippen molar-refractivity contribution in [3.63, 3.8) is 0 Å². The minimum Gasteiger partial charge on any atom is -0.370 e. The fourth-order valence-corrected chi connectivity index (χ4v) is 3.66. The first-order valence-electron chi connectivity index (χ1n) is 10.9. The summed E-state index contributed by atoms with van der Waals surface area (Å²) >= 11 is 0. The van der Waals surface area contributed by atoms with Crippen molar-refractivity contribution in [2.45, 2.75) is 60.5 Å². The Hall–Kier alpha value is -1.84. The highest BCUT2D eigenvalue weighted by Crippen LogP contribution is 2.21. The Morgan fingerprint density at radius 1 is 1.23 bits per heavy atom. The molecule has 174 valence electrons. The van der Waals surface area contributed by atoms with Gasteiger partial charge in [0.1, 0.15) is 5.82 Å². The lowest BCUT2D eigenvalue weighted by molar-refractivity contribution is 0.617. The minimum atomic E-state index is -0.194. The number of rotatable bonds is 9. The molecule has 8 heteroatoms. The van der Waals surface area contributed by atoms with Crippen molar-refractivity contribution < 1.29 is 4.39 Å². The summed E-state index contributed by atoms with van der Waals surface area (Å²) in [5.74, 6) is 0.540. The van der Waals surface area contributed by atoms with Crippen molar-refractivity contribution >= 4 is 35.6 Å². The van der Waals surface area contributed by atoms with Crippen LogP contribution in [-0.4, -0.2) is 41.4 Å². The van der Waals surface area contributed by atoms with E-state index >= 15 is 0 Å². The first-order chi connectivity index (χ1) is 14.3. The smallest absolute Gasteiger partial charge is 0.191 e. The fourth-order valence-electron chi connectivity index (χ4n) is 3.66. The van der Waals surface area contributed by atoms with E-state index in [4.69, 9.17) is 0 Å². The van der Waals surface area contributed by atoms with Crippen LogP contribution in [0, 0.1) is 19.7 Å². The Bertz CT molecular complexity index is 860. The molecule has 0 amide bonds. The summed E-state index contributed by atoms with van der Waals surface area (Å²) in [6.07, 6.45) is 0.864. The number of guanidine groups is 1. The van der Waals surface area contributed by atoms with Crippen LogP contribution >= 0.6 is 24.0 Å². The summed E-state index contributed by atoms with van der Waals surface area (Å²) in [7, 11) is 1.97. The van der Waals surface area contributed by atoms with Crippen LogP contribution in [0.25, 0.3) is 0 Å². The molecule has 0 saturated heterocycles. The molecule has 2 aromatic rings. The summed E-state index contributed by atoms with van der Waals surface area (Å²) in [6.45, 7) is 15.1. The highest BCUT2D eigenvalue weighted by molar-refractivity contribution is 14.0. The first-order valence-corrected chi connectivity index (χ1v) is 10.9. The minimum absolute atomic E-state index is 0. The molecule has 6 nitrogen and oxygen atoms in total. The second-order valence-electron chi connectivity index (χ2n) is 7.68. The number of hydrogen-bond donors (Lipinski definition) is 2. The predicted molar refractivity (Wildman–Crippen MR) is 139 cm³/mol. The Labute approximate surface area is 203 Å². The fraction of sp³-hybridized carbons (Fsp3) is 0.565. The molecule has 0 aliphatic rings. The standard InChI is InChI=1S/C23H37FN6.HI/c1-8-25-23(27-16(4)13-20-17(5)28-29(7)18(20)6)26-15-19-11-12-22(21(24)14-19)30(9-2)10-3;/h11-12,14,16H,8-10,13,15H2,1-7H3,(H2,25,26,27);1H. The van der Waals surface area contributed by atoms with Crippen LogP contribution in [0.3, 0.4) is 0 Å². The summed E-state index contributed by atoms with van der Waals surface area (Å²) < 4.78 is 16.5. The average Bonchev–Trinajstić information content (AvgIpc) is 2.94. The zero-order valence-corrected chi connectivity index (χ0v) is 22.3. The van der Waals surface area contributed by atoms with Crippen molar-refractivity contribution in [2.24, 2.45) is 12.0 Å². The average molecular weight is 545 g/mol. The topological polar surface area (TPSA) is 57.5 Å². The number of anilines is 1. The number of halogens is 2. The van der Waals surface area contributed by atoms with E-state index in [9.17, 15) is 4.39 Å². The molecule has 31 heavy (non-hydrogen) atoms. The maximum Gasteiger partial charge on any atom is 0.191 e. The Morgan fingerprint density at radius 3 is 2.42 bits per heavy atom. The monoisotopic (exact) mass is 544 g/mol. The molecule has 1 heterocycles. The van der Waals surface area contributed by atoms with Gasteiger partial charge in [0.25, 0.3) is 0 Å². The zero-order valence-electron chi connectivity index (χ0n) is 19.9. The van der Waals surface area contributed by atoms with Gasteiger partial charge in [-0.15, -0.1) is 24.0 Å². The van der Waals surface area contributed by atoms with Gasteiger partial charge >= 0.3 is 0 Å². The third-order valence-electron chi connectivity index (χ3n) is 5.43. The van der Waals surface area contributed by atoms with Gasteiger partial charge in [-0.2, -0.15) is 5.10 Å². The summed E-state index contributed by atoms with van der Waals surface area (Å²) in [5.41, 5.74) is 5.02. The molecular weight excluding hydrogens is 506 g/mol. The maximum atomic E-state index is 14.5. The van der Waals surface area contributed by atoms with Crippen molar-refractivity contribution in [3.8, 4) is 0 Å². The van der Waals surface area contributed by atoms with Crippen LogP contribution < -0.4 is 15.5 Å². The molecule has 0 aliphatic heterocycles. The van der Waals surface area contributed by atoms with E-state index in [2.05, 4.69) is 34.6 Å². The molecule has 0 fully saturated rings. The normalized spacial score (nSPS) is 12.3. The van der Waals surface area contributed by atoms with Gasteiger partial charge in [0, 0.05) is 38.4 Å². The molecule has 0 radical (unpaired) electrons. The number of aliphatic imine (C=N–C) groups is 1. The number of nitrogens with one attached hydrogen (secondary N) is 2. The van der Waals surface area contributed by atoms with Gasteiger partial charge in [0.05, 0.1) is 17.9 Å². The van der Waals surface area contributed by atoms with Gasteiger partial charge in [-0.25, -0.2) is 9.38 Å². The predicted octanol–water partition coefficient (Wildman–Crippen LogP) is 4.33. The number of hydrogen-bond acceptors (Lipinski definition) is 3. The van der Waals surface area contributed by atoms with E-state index in [1.165, 1.54) is 11.3 Å². The van der Waals surface area contributed by atoms with Crippen molar-refractivity contribution in [2.75, 3.05) is 24.5 Å². The Balaban J connectivity index is 0.00000480. The van der Waals surface area contributed by atoms with E-state index in [0.717, 1.165) is 43.3 Å². The highest BCUT2D eigenvalue weighted by atomic mass is 127. The van der Waals surface area contributed by atoms with Gasteiger partial charge in [-0.1, -0.05) is 6.07 Å². The number of nitrogens with zero attached hydrogens (tertiary/aromatic N) is 4. The summed E-state index contributed by atoms with van der Waals surface area (Å²) in [4.78, 5) is 6.68. The van der Waals surface area contributed by atoms with Crippen LogP contribution in [-0.2, 0) is 20.0 Å². The lowest BCUT2D eigenvalue weighted by atomic mass is 10.1. The quantitative estimate of drug-likeness (QED) is 0.281. The molecular formula is C23H38FIN6. The van der Waals surface area contributed by atoms with Crippen molar-refractivity contribution in [1.82, 2.24) is 20.4 Å². The van der Waals surface area contributed by atoms with E-state index < -0.39 is 0 Å². The maximum absolute atomic E-state index is 14.5. The Kier molecular flexibility index (Phi) is 11.3. The summed E-state index contributed by atoms with van der Waals surface area (Å²) in [6, 6.07) is 5.58. The van der Waals surface area contributed by atoms with Crippen LogP contribution in [0.15, 0.2) is 23.2 Å². The molecule has 0 aliphatic carbocycles. The van der Waals surface area contributed by atoms with E-state index in [1.54, 1.807) is 6.07 Å². The second-order valence-corrected chi connectivity index (χ2v) is 7.68. The van der Waals surface area contributed by atoms with E-state index in [1.807, 2.05) is 56.5 Å². The molecule has 1 atom stereocenters. The van der Waals surface area contributed by atoms with Crippen molar-refractivity contribution in [3.05, 3.63) is 46.5 Å². The number of aromatic nitrogens is 2. The lowest BCUT2D eigenvalue weighted by Crippen LogP contribution is -2.43. The van der Waals surface area contributed by atoms with Gasteiger partial charge in [-0.05, 0) is 71.2 Å². The molecule has 1 unspecified atom stereocenters. The van der Waals surface area contributed by atoms with Gasteiger partial charge in [0.2, 0.25) is 0 Å². The molecule has 0 spiro atoms. The number of benzene rings is 1. The van der Waals surface area contributed by atoms with Gasteiger partial charge < -0.3 is 15.5 Å².